The minimum absolute atomic E-state index is 0.00142. The highest BCUT2D eigenvalue weighted by Crippen LogP contribution is 2.44. The van der Waals surface area contributed by atoms with Crippen LogP contribution < -0.4 is 4.90 Å². The lowest BCUT2D eigenvalue weighted by molar-refractivity contribution is 0.104. The van der Waals surface area contributed by atoms with E-state index in [4.69, 9.17) is 0 Å². The Morgan fingerprint density at radius 3 is 2.00 bits per heavy atom. The highest BCUT2D eigenvalue weighted by Gasteiger charge is 2.24. The first-order valence-corrected chi connectivity index (χ1v) is 10.2. The molecule has 0 bridgehead atoms. The number of fused-ring (bicyclic) bond motifs is 1. The van der Waals surface area contributed by atoms with Gasteiger partial charge in [-0.05, 0) is 46.2 Å². The van der Waals surface area contributed by atoms with Crippen LogP contribution in [-0.4, -0.2) is 12.8 Å². The van der Waals surface area contributed by atoms with Gasteiger partial charge in [0.25, 0.3) is 0 Å². The average Bonchev–Trinajstić information content (AvgIpc) is 2.89. The molecule has 0 aliphatic carbocycles. The zero-order valence-electron chi connectivity index (χ0n) is 17.4. The van der Waals surface area contributed by atoms with Crippen molar-refractivity contribution in [1.29, 1.82) is 0 Å². The number of hydrogen-bond acceptors (Lipinski definition) is 3. The molecule has 3 heteroatoms. The van der Waals surface area contributed by atoms with E-state index >= 15 is 0 Å². The SMILES string of the molecule is CN1C(=CC(=O)c2cc(C(C)(C)C)cc(C(C)(C)C)c2)Sc2ccccc21. The van der Waals surface area contributed by atoms with Crippen LogP contribution in [0.25, 0.3) is 0 Å². The fraction of sp³-hybridized carbons (Fsp3) is 0.375. The summed E-state index contributed by atoms with van der Waals surface area (Å²) >= 11 is 1.65. The van der Waals surface area contributed by atoms with Crippen LogP contribution in [0.2, 0.25) is 0 Å². The molecule has 0 saturated carbocycles. The van der Waals surface area contributed by atoms with Crippen molar-refractivity contribution < 1.29 is 4.79 Å². The van der Waals surface area contributed by atoms with Gasteiger partial charge >= 0.3 is 0 Å². The highest BCUT2D eigenvalue weighted by atomic mass is 32.2. The molecular weight excluding hydrogens is 350 g/mol. The summed E-state index contributed by atoms with van der Waals surface area (Å²) in [7, 11) is 2.02. The molecule has 0 unspecified atom stereocenters. The van der Waals surface area contributed by atoms with E-state index in [-0.39, 0.29) is 16.6 Å². The van der Waals surface area contributed by atoms with Crippen LogP contribution in [0.15, 0.2) is 58.5 Å². The number of thioether (sulfide) groups is 1. The molecule has 2 aromatic carbocycles. The van der Waals surface area contributed by atoms with E-state index in [1.165, 1.54) is 16.0 Å². The number of allylic oxidation sites excluding steroid dienone is 1. The molecule has 0 spiro atoms. The molecule has 142 valence electrons. The third-order valence-corrected chi connectivity index (χ3v) is 6.14. The number of rotatable bonds is 2. The molecule has 1 heterocycles. The molecule has 0 N–H and O–H groups in total. The second-order valence-electron chi connectivity index (χ2n) is 9.27. The van der Waals surface area contributed by atoms with Gasteiger partial charge in [-0.3, -0.25) is 4.79 Å². The standard InChI is InChI=1S/C24H29NOS/c1-23(2,3)17-12-16(13-18(14-17)24(4,5)6)20(26)15-22-25(7)19-10-8-9-11-21(19)27-22/h8-15H,1-7H3. The van der Waals surface area contributed by atoms with Crippen molar-refractivity contribution >= 4 is 23.2 Å². The maximum atomic E-state index is 13.1. The first kappa shape index (κ1) is 19.8. The van der Waals surface area contributed by atoms with Crippen LogP contribution in [0.3, 0.4) is 0 Å². The molecule has 2 aromatic rings. The van der Waals surface area contributed by atoms with E-state index in [2.05, 4.69) is 76.8 Å². The van der Waals surface area contributed by atoms with E-state index in [1.54, 1.807) is 17.8 Å². The van der Waals surface area contributed by atoms with Crippen LogP contribution in [0, 0.1) is 0 Å². The van der Waals surface area contributed by atoms with E-state index in [9.17, 15) is 4.79 Å². The van der Waals surface area contributed by atoms with Gasteiger partial charge in [0, 0.05) is 23.6 Å². The van der Waals surface area contributed by atoms with Crippen LogP contribution in [-0.2, 0) is 10.8 Å². The van der Waals surface area contributed by atoms with E-state index in [0.717, 1.165) is 16.3 Å². The first-order chi connectivity index (χ1) is 12.5. The minimum Gasteiger partial charge on any atom is -0.338 e. The van der Waals surface area contributed by atoms with Crippen molar-refractivity contribution in [3.63, 3.8) is 0 Å². The molecular formula is C24H29NOS. The highest BCUT2D eigenvalue weighted by molar-refractivity contribution is 8.03. The van der Waals surface area contributed by atoms with Crippen molar-refractivity contribution in [3.05, 3.63) is 70.3 Å². The lowest BCUT2D eigenvalue weighted by Crippen LogP contribution is -2.18. The third kappa shape index (κ3) is 4.14. The lowest BCUT2D eigenvalue weighted by atomic mass is 9.79. The number of para-hydroxylation sites is 1. The van der Waals surface area contributed by atoms with Gasteiger partial charge in [-0.15, -0.1) is 0 Å². The molecule has 0 amide bonds. The minimum atomic E-state index is -0.00142. The van der Waals surface area contributed by atoms with E-state index < -0.39 is 0 Å². The Morgan fingerprint density at radius 1 is 0.926 bits per heavy atom. The summed E-state index contributed by atoms with van der Waals surface area (Å²) < 4.78 is 0. The van der Waals surface area contributed by atoms with Gasteiger partial charge in [-0.25, -0.2) is 0 Å². The Balaban J connectivity index is 2.00. The molecule has 0 saturated heterocycles. The predicted octanol–water partition coefficient (Wildman–Crippen LogP) is 6.55. The average molecular weight is 380 g/mol. The molecule has 3 rings (SSSR count). The molecule has 1 aliphatic heterocycles. The Labute approximate surface area is 167 Å². The van der Waals surface area contributed by atoms with Crippen molar-refractivity contribution in [2.75, 3.05) is 11.9 Å². The Bertz CT molecular complexity index is 880. The molecule has 1 aliphatic rings. The van der Waals surface area contributed by atoms with Crippen molar-refractivity contribution in [1.82, 2.24) is 0 Å². The van der Waals surface area contributed by atoms with Crippen molar-refractivity contribution in [3.8, 4) is 0 Å². The molecule has 0 aromatic heterocycles. The number of anilines is 1. The molecule has 0 fully saturated rings. The predicted molar refractivity (Wildman–Crippen MR) is 117 cm³/mol. The van der Waals surface area contributed by atoms with Crippen molar-refractivity contribution in [2.24, 2.45) is 0 Å². The van der Waals surface area contributed by atoms with Crippen LogP contribution >= 0.6 is 11.8 Å². The summed E-state index contributed by atoms with van der Waals surface area (Å²) in [5.74, 6) is 0.0637. The third-order valence-electron chi connectivity index (χ3n) is 4.98. The fourth-order valence-corrected chi connectivity index (χ4v) is 4.16. The normalized spacial score (nSPS) is 16.0. The van der Waals surface area contributed by atoms with Crippen molar-refractivity contribution in [2.45, 2.75) is 57.3 Å². The zero-order chi connectivity index (χ0) is 20.0. The number of carbonyl (C=O) groups is 1. The zero-order valence-corrected chi connectivity index (χ0v) is 18.2. The molecule has 0 radical (unpaired) electrons. The van der Waals surface area contributed by atoms with Gasteiger partial charge in [0.15, 0.2) is 5.78 Å². The Morgan fingerprint density at radius 2 is 1.48 bits per heavy atom. The summed E-state index contributed by atoms with van der Waals surface area (Å²) in [6.07, 6.45) is 1.78. The van der Waals surface area contributed by atoms with Gasteiger partial charge < -0.3 is 4.90 Å². The molecule has 2 nitrogen and oxygen atoms in total. The quantitative estimate of drug-likeness (QED) is 0.436. The number of ketones is 1. The van der Waals surface area contributed by atoms with Gasteiger partial charge in [-0.2, -0.15) is 0 Å². The van der Waals surface area contributed by atoms with E-state index in [1.807, 2.05) is 19.2 Å². The fourth-order valence-electron chi connectivity index (χ4n) is 3.08. The first-order valence-electron chi connectivity index (χ1n) is 9.39. The summed E-state index contributed by atoms with van der Waals surface area (Å²) in [4.78, 5) is 16.4. The summed E-state index contributed by atoms with van der Waals surface area (Å²) in [6, 6.07) is 14.6. The Hall–Kier alpha value is -2.00. The van der Waals surface area contributed by atoms with Crippen LogP contribution in [0.5, 0.6) is 0 Å². The number of hydrogen-bond donors (Lipinski definition) is 0. The lowest BCUT2D eigenvalue weighted by Gasteiger charge is -2.26. The monoisotopic (exact) mass is 379 g/mol. The van der Waals surface area contributed by atoms with E-state index in [0.29, 0.717) is 0 Å². The van der Waals surface area contributed by atoms with Gasteiger partial charge in [0.2, 0.25) is 0 Å². The van der Waals surface area contributed by atoms with Crippen LogP contribution in [0.4, 0.5) is 5.69 Å². The molecule has 0 atom stereocenters. The number of nitrogens with zero attached hydrogens (tertiary/aromatic N) is 1. The number of benzene rings is 2. The maximum Gasteiger partial charge on any atom is 0.188 e. The molecule has 27 heavy (non-hydrogen) atoms. The number of carbonyl (C=O) groups excluding carboxylic acids is 1. The smallest absolute Gasteiger partial charge is 0.188 e. The summed E-state index contributed by atoms with van der Waals surface area (Å²) in [6.45, 7) is 13.2. The maximum absolute atomic E-state index is 13.1. The largest absolute Gasteiger partial charge is 0.338 e. The second-order valence-corrected chi connectivity index (χ2v) is 10.3. The Kier molecular flexibility index (Phi) is 5.02. The van der Waals surface area contributed by atoms with Gasteiger partial charge in [-0.1, -0.05) is 71.5 Å². The topological polar surface area (TPSA) is 20.3 Å². The summed E-state index contributed by atoms with van der Waals surface area (Å²) in [5.41, 5.74) is 4.32. The second kappa shape index (κ2) is 6.87. The van der Waals surface area contributed by atoms with Gasteiger partial charge in [0.1, 0.15) is 0 Å². The van der Waals surface area contributed by atoms with Gasteiger partial charge in [0.05, 0.1) is 10.7 Å². The van der Waals surface area contributed by atoms with Crippen LogP contribution in [0.1, 0.15) is 63.0 Å². The summed E-state index contributed by atoms with van der Waals surface area (Å²) in [5, 5.41) is 0.972.